The molecule has 0 amide bonds. The zero-order chi connectivity index (χ0) is 13.7. The number of aryl methyl sites for hydroxylation is 2. The third-order valence-electron chi connectivity index (χ3n) is 3.25. The van der Waals surface area contributed by atoms with Crippen molar-refractivity contribution in [3.63, 3.8) is 0 Å². The lowest BCUT2D eigenvalue weighted by Crippen LogP contribution is -2.17. The Balaban J connectivity index is 2.03. The first-order valence-corrected chi connectivity index (χ1v) is 6.75. The molecule has 0 aliphatic rings. The van der Waals surface area contributed by atoms with Crippen molar-refractivity contribution in [2.45, 2.75) is 33.4 Å². The standard InChI is InChI=1S/C16H20N2O/c1-3-13-5-7-14(8-6-13)11-17-15-9-10-16(19)18(4-2)12-15/h5-10,12,17H,3-4,11H2,1-2H3. The van der Waals surface area contributed by atoms with Gasteiger partial charge in [-0.15, -0.1) is 0 Å². The Morgan fingerprint density at radius 1 is 1.00 bits per heavy atom. The highest BCUT2D eigenvalue weighted by atomic mass is 16.1. The van der Waals surface area contributed by atoms with E-state index in [-0.39, 0.29) is 5.56 Å². The van der Waals surface area contributed by atoms with Gasteiger partial charge in [0.25, 0.3) is 5.56 Å². The summed E-state index contributed by atoms with van der Waals surface area (Å²) < 4.78 is 1.70. The SMILES string of the molecule is CCc1ccc(CNc2ccc(=O)n(CC)c2)cc1. The van der Waals surface area contributed by atoms with Gasteiger partial charge in [-0.2, -0.15) is 0 Å². The molecule has 0 saturated heterocycles. The Labute approximate surface area is 113 Å². The van der Waals surface area contributed by atoms with Crippen LogP contribution in [0.25, 0.3) is 0 Å². The molecule has 0 spiro atoms. The molecule has 100 valence electrons. The number of aromatic nitrogens is 1. The van der Waals surface area contributed by atoms with Gasteiger partial charge >= 0.3 is 0 Å². The van der Waals surface area contributed by atoms with E-state index in [1.807, 2.05) is 19.2 Å². The molecule has 0 radical (unpaired) electrons. The van der Waals surface area contributed by atoms with Gasteiger partial charge in [-0.1, -0.05) is 31.2 Å². The van der Waals surface area contributed by atoms with Gasteiger partial charge in [-0.05, 0) is 30.5 Å². The fraction of sp³-hybridized carbons (Fsp3) is 0.312. The number of rotatable bonds is 5. The Morgan fingerprint density at radius 2 is 1.68 bits per heavy atom. The number of nitrogens with zero attached hydrogens (tertiary/aromatic N) is 1. The largest absolute Gasteiger partial charge is 0.380 e. The summed E-state index contributed by atoms with van der Waals surface area (Å²) in [7, 11) is 0. The fourth-order valence-corrected chi connectivity index (χ4v) is 1.98. The Morgan fingerprint density at radius 3 is 2.32 bits per heavy atom. The van der Waals surface area contributed by atoms with Gasteiger partial charge in [0.05, 0.1) is 5.69 Å². The van der Waals surface area contributed by atoms with Crippen molar-refractivity contribution in [2.75, 3.05) is 5.32 Å². The topological polar surface area (TPSA) is 34.0 Å². The molecule has 2 aromatic rings. The van der Waals surface area contributed by atoms with Crippen molar-refractivity contribution in [3.8, 4) is 0 Å². The van der Waals surface area contributed by atoms with Gasteiger partial charge in [0.15, 0.2) is 0 Å². The van der Waals surface area contributed by atoms with Crippen LogP contribution in [0.3, 0.4) is 0 Å². The van der Waals surface area contributed by atoms with Gasteiger partial charge < -0.3 is 9.88 Å². The minimum atomic E-state index is 0.0420. The lowest BCUT2D eigenvalue weighted by atomic mass is 10.1. The molecule has 1 N–H and O–H groups in total. The summed E-state index contributed by atoms with van der Waals surface area (Å²) in [4.78, 5) is 11.5. The summed E-state index contributed by atoms with van der Waals surface area (Å²) in [5.74, 6) is 0. The third-order valence-corrected chi connectivity index (χ3v) is 3.25. The van der Waals surface area contributed by atoms with Gasteiger partial charge in [0.1, 0.15) is 0 Å². The molecule has 0 aliphatic heterocycles. The van der Waals surface area contributed by atoms with Crippen LogP contribution < -0.4 is 10.9 Å². The third kappa shape index (κ3) is 3.47. The summed E-state index contributed by atoms with van der Waals surface area (Å²) in [6.45, 7) is 5.58. The molecule has 1 aromatic heterocycles. The van der Waals surface area contributed by atoms with E-state index in [2.05, 4.69) is 36.5 Å². The highest BCUT2D eigenvalue weighted by molar-refractivity contribution is 5.41. The normalized spacial score (nSPS) is 10.4. The van der Waals surface area contributed by atoms with Crippen LogP contribution in [0.1, 0.15) is 25.0 Å². The number of hydrogen-bond acceptors (Lipinski definition) is 2. The van der Waals surface area contributed by atoms with Crippen LogP contribution in [-0.2, 0) is 19.5 Å². The maximum absolute atomic E-state index is 11.5. The molecule has 0 atom stereocenters. The van der Waals surface area contributed by atoms with E-state index >= 15 is 0 Å². The second-order valence-corrected chi connectivity index (χ2v) is 4.57. The summed E-state index contributed by atoms with van der Waals surface area (Å²) in [5.41, 5.74) is 3.61. The first kappa shape index (κ1) is 13.4. The molecular weight excluding hydrogens is 236 g/mol. The first-order chi connectivity index (χ1) is 9.22. The fourth-order valence-electron chi connectivity index (χ4n) is 1.98. The summed E-state index contributed by atoms with van der Waals surface area (Å²) in [6.07, 6.45) is 2.93. The van der Waals surface area contributed by atoms with Crippen molar-refractivity contribution in [3.05, 3.63) is 64.1 Å². The summed E-state index contributed by atoms with van der Waals surface area (Å²) >= 11 is 0. The predicted octanol–water partition coefficient (Wildman–Crippen LogP) is 3.04. The zero-order valence-corrected chi connectivity index (χ0v) is 11.5. The molecule has 1 aromatic carbocycles. The molecule has 0 unspecified atom stereocenters. The second-order valence-electron chi connectivity index (χ2n) is 4.57. The van der Waals surface area contributed by atoms with E-state index in [1.165, 1.54) is 11.1 Å². The minimum absolute atomic E-state index is 0.0420. The number of nitrogens with one attached hydrogen (secondary N) is 1. The molecule has 19 heavy (non-hydrogen) atoms. The van der Waals surface area contributed by atoms with Gasteiger partial charge in [0, 0.05) is 25.4 Å². The number of anilines is 1. The molecule has 0 saturated carbocycles. The number of pyridine rings is 1. The van der Waals surface area contributed by atoms with Crippen LogP contribution in [0.4, 0.5) is 5.69 Å². The molecule has 3 heteroatoms. The van der Waals surface area contributed by atoms with Crippen molar-refractivity contribution >= 4 is 5.69 Å². The van der Waals surface area contributed by atoms with E-state index in [4.69, 9.17) is 0 Å². The van der Waals surface area contributed by atoms with Crippen LogP contribution in [0, 0.1) is 0 Å². The van der Waals surface area contributed by atoms with E-state index in [1.54, 1.807) is 10.6 Å². The zero-order valence-electron chi connectivity index (χ0n) is 11.5. The molecule has 1 heterocycles. The maximum Gasteiger partial charge on any atom is 0.250 e. The van der Waals surface area contributed by atoms with Crippen LogP contribution >= 0.6 is 0 Å². The van der Waals surface area contributed by atoms with Crippen LogP contribution in [0.5, 0.6) is 0 Å². The average molecular weight is 256 g/mol. The van der Waals surface area contributed by atoms with Crippen molar-refractivity contribution in [1.82, 2.24) is 4.57 Å². The lowest BCUT2D eigenvalue weighted by Gasteiger charge is -2.09. The van der Waals surface area contributed by atoms with E-state index in [0.717, 1.165) is 18.7 Å². The highest BCUT2D eigenvalue weighted by Crippen LogP contribution is 2.09. The minimum Gasteiger partial charge on any atom is -0.380 e. The van der Waals surface area contributed by atoms with E-state index in [9.17, 15) is 4.79 Å². The van der Waals surface area contributed by atoms with Crippen molar-refractivity contribution in [2.24, 2.45) is 0 Å². The molecular formula is C16H20N2O. The summed E-state index contributed by atoms with van der Waals surface area (Å²) in [5, 5.41) is 3.34. The number of benzene rings is 1. The Hall–Kier alpha value is -2.03. The maximum atomic E-state index is 11.5. The van der Waals surface area contributed by atoms with Crippen LogP contribution in [0.2, 0.25) is 0 Å². The molecule has 0 aliphatic carbocycles. The van der Waals surface area contributed by atoms with Gasteiger partial charge in [-0.3, -0.25) is 4.79 Å². The lowest BCUT2D eigenvalue weighted by molar-refractivity contribution is 0.727. The highest BCUT2D eigenvalue weighted by Gasteiger charge is 1.98. The Bertz CT molecular complexity index is 584. The monoisotopic (exact) mass is 256 g/mol. The van der Waals surface area contributed by atoms with E-state index < -0.39 is 0 Å². The van der Waals surface area contributed by atoms with Crippen molar-refractivity contribution in [1.29, 1.82) is 0 Å². The van der Waals surface area contributed by atoms with Gasteiger partial charge in [-0.25, -0.2) is 0 Å². The quantitative estimate of drug-likeness (QED) is 0.892. The average Bonchev–Trinajstić information content (AvgIpc) is 2.47. The van der Waals surface area contributed by atoms with Crippen LogP contribution in [0.15, 0.2) is 47.4 Å². The Kier molecular flexibility index (Phi) is 4.39. The predicted molar refractivity (Wildman–Crippen MR) is 79.5 cm³/mol. The second kappa shape index (κ2) is 6.23. The number of hydrogen-bond donors (Lipinski definition) is 1. The van der Waals surface area contributed by atoms with Gasteiger partial charge in [0.2, 0.25) is 0 Å². The smallest absolute Gasteiger partial charge is 0.250 e. The van der Waals surface area contributed by atoms with Crippen LogP contribution in [-0.4, -0.2) is 4.57 Å². The molecule has 2 rings (SSSR count). The first-order valence-electron chi connectivity index (χ1n) is 6.75. The molecule has 0 fully saturated rings. The van der Waals surface area contributed by atoms with Crippen molar-refractivity contribution < 1.29 is 0 Å². The molecule has 3 nitrogen and oxygen atoms in total. The molecule has 0 bridgehead atoms. The summed E-state index contributed by atoms with van der Waals surface area (Å²) in [6, 6.07) is 12.0. The van der Waals surface area contributed by atoms with E-state index in [0.29, 0.717) is 6.54 Å².